The summed E-state index contributed by atoms with van der Waals surface area (Å²) in [5.74, 6) is 1.12. The molecule has 3 aromatic rings. The van der Waals surface area contributed by atoms with E-state index in [0.29, 0.717) is 11.7 Å². The van der Waals surface area contributed by atoms with Crippen molar-refractivity contribution in [3.8, 4) is 11.4 Å². The lowest BCUT2D eigenvalue weighted by Crippen LogP contribution is -2.46. The van der Waals surface area contributed by atoms with E-state index in [2.05, 4.69) is 79.5 Å². The maximum absolute atomic E-state index is 5.79. The molecule has 0 aliphatic carbocycles. The minimum absolute atomic E-state index is 0.142. The van der Waals surface area contributed by atoms with E-state index in [9.17, 15) is 0 Å². The van der Waals surface area contributed by atoms with Crippen molar-refractivity contribution >= 4 is 22.9 Å². The first-order chi connectivity index (χ1) is 15.0. The Labute approximate surface area is 189 Å². The first-order valence-corrected chi connectivity index (χ1v) is 11.2. The normalized spacial score (nSPS) is 16.6. The standard InChI is InChI=1S/C25H28N4OS/c1-5-15-29-17(4)21(22(26-25(29)31)19-11-7-16(3)8-12-19)24-27-23(28-30-24)20-13-9-18(6-2)10-14-20/h7-14,22H,5-6,15H2,1-4H3,(H,26,31). The predicted molar refractivity (Wildman–Crippen MR) is 128 cm³/mol. The van der Waals surface area contributed by atoms with Crippen LogP contribution in [0, 0.1) is 6.92 Å². The van der Waals surface area contributed by atoms with Crippen LogP contribution in [-0.2, 0) is 6.42 Å². The third-order valence-electron chi connectivity index (χ3n) is 5.73. The average Bonchev–Trinajstić information content (AvgIpc) is 3.26. The van der Waals surface area contributed by atoms with Gasteiger partial charge in [-0.2, -0.15) is 4.98 Å². The van der Waals surface area contributed by atoms with Crippen LogP contribution in [0.15, 0.2) is 58.8 Å². The molecule has 1 unspecified atom stereocenters. The SMILES string of the molecule is CCCN1C(=S)NC(c2ccc(C)cc2)C(c2nc(-c3ccc(CC)cc3)no2)=C1C. The molecule has 0 fully saturated rings. The summed E-state index contributed by atoms with van der Waals surface area (Å²) in [6.07, 6.45) is 1.99. The van der Waals surface area contributed by atoms with Crippen molar-refractivity contribution in [2.45, 2.75) is 46.6 Å². The number of thiocarbonyl (C=S) groups is 1. The number of rotatable bonds is 6. The van der Waals surface area contributed by atoms with Crippen LogP contribution >= 0.6 is 12.2 Å². The zero-order valence-corrected chi connectivity index (χ0v) is 19.3. The Balaban J connectivity index is 1.78. The van der Waals surface area contributed by atoms with Crippen LogP contribution in [0.2, 0.25) is 0 Å². The molecule has 5 nitrogen and oxygen atoms in total. The van der Waals surface area contributed by atoms with E-state index in [1.807, 2.05) is 12.1 Å². The number of nitrogens with zero attached hydrogens (tertiary/aromatic N) is 3. The van der Waals surface area contributed by atoms with Crippen LogP contribution in [-0.4, -0.2) is 26.7 Å². The molecule has 2 heterocycles. The van der Waals surface area contributed by atoms with Crippen LogP contribution in [0.1, 0.15) is 55.8 Å². The second kappa shape index (κ2) is 9.02. The van der Waals surface area contributed by atoms with Crippen LogP contribution in [0.5, 0.6) is 0 Å². The number of aromatic nitrogens is 2. The van der Waals surface area contributed by atoms with Crippen molar-refractivity contribution in [2.75, 3.05) is 6.54 Å². The van der Waals surface area contributed by atoms with Gasteiger partial charge in [0.15, 0.2) is 5.11 Å². The highest BCUT2D eigenvalue weighted by Crippen LogP contribution is 2.37. The number of nitrogens with one attached hydrogen (secondary N) is 1. The lowest BCUT2D eigenvalue weighted by atomic mass is 9.94. The van der Waals surface area contributed by atoms with Crippen molar-refractivity contribution in [3.05, 3.63) is 76.8 Å². The fourth-order valence-corrected chi connectivity index (χ4v) is 4.25. The maximum Gasteiger partial charge on any atom is 0.258 e. The Bertz CT molecular complexity index is 1100. The number of hydrogen-bond donors (Lipinski definition) is 1. The Kier molecular flexibility index (Phi) is 6.18. The molecule has 2 aromatic carbocycles. The Morgan fingerprint density at radius 3 is 2.39 bits per heavy atom. The molecule has 1 aliphatic heterocycles. The quantitative estimate of drug-likeness (QED) is 0.506. The highest BCUT2D eigenvalue weighted by molar-refractivity contribution is 7.80. The van der Waals surface area contributed by atoms with Gasteiger partial charge in [-0.1, -0.05) is 73.1 Å². The minimum atomic E-state index is -0.142. The first kappa shape index (κ1) is 21.2. The van der Waals surface area contributed by atoms with Gasteiger partial charge >= 0.3 is 0 Å². The molecule has 0 saturated heterocycles. The summed E-state index contributed by atoms with van der Waals surface area (Å²) in [5.41, 5.74) is 6.58. The number of aryl methyl sites for hydroxylation is 2. The lowest BCUT2D eigenvalue weighted by Gasteiger charge is -2.37. The minimum Gasteiger partial charge on any atom is -0.351 e. The highest BCUT2D eigenvalue weighted by atomic mass is 32.1. The lowest BCUT2D eigenvalue weighted by molar-refractivity contribution is 0.396. The summed E-state index contributed by atoms with van der Waals surface area (Å²) < 4.78 is 5.79. The smallest absolute Gasteiger partial charge is 0.258 e. The van der Waals surface area contributed by atoms with Crippen LogP contribution in [0.3, 0.4) is 0 Å². The van der Waals surface area contributed by atoms with Gasteiger partial charge < -0.3 is 14.7 Å². The molecule has 1 aliphatic rings. The van der Waals surface area contributed by atoms with E-state index in [4.69, 9.17) is 21.7 Å². The fraction of sp³-hybridized carbons (Fsp3) is 0.320. The third-order valence-corrected chi connectivity index (χ3v) is 6.07. The predicted octanol–water partition coefficient (Wildman–Crippen LogP) is 5.68. The van der Waals surface area contributed by atoms with Crippen molar-refractivity contribution in [2.24, 2.45) is 0 Å². The van der Waals surface area contributed by atoms with E-state index >= 15 is 0 Å². The first-order valence-electron chi connectivity index (χ1n) is 10.8. The van der Waals surface area contributed by atoms with Crippen molar-refractivity contribution in [1.29, 1.82) is 0 Å². The third kappa shape index (κ3) is 4.26. The Morgan fingerprint density at radius 1 is 1.03 bits per heavy atom. The van der Waals surface area contributed by atoms with Gasteiger partial charge in [0.25, 0.3) is 5.89 Å². The molecule has 0 saturated carbocycles. The second-order valence-electron chi connectivity index (χ2n) is 7.92. The zero-order chi connectivity index (χ0) is 22.0. The summed E-state index contributed by atoms with van der Waals surface area (Å²) >= 11 is 5.69. The fourth-order valence-electron chi connectivity index (χ4n) is 3.90. The number of allylic oxidation sites excluding steroid dienone is 1. The van der Waals surface area contributed by atoms with Crippen molar-refractivity contribution < 1.29 is 4.52 Å². The molecule has 0 radical (unpaired) electrons. The second-order valence-corrected chi connectivity index (χ2v) is 8.30. The molecule has 1 atom stereocenters. The van der Waals surface area contributed by atoms with Crippen molar-refractivity contribution in [1.82, 2.24) is 20.4 Å². The molecule has 6 heteroatoms. The zero-order valence-electron chi connectivity index (χ0n) is 18.5. The highest BCUT2D eigenvalue weighted by Gasteiger charge is 2.33. The van der Waals surface area contributed by atoms with Gasteiger partial charge in [0.1, 0.15) is 0 Å². The summed E-state index contributed by atoms with van der Waals surface area (Å²) in [5, 5.41) is 8.51. The molecule has 1 aromatic heterocycles. The van der Waals surface area contributed by atoms with Crippen LogP contribution in [0.4, 0.5) is 0 Å². The summed E-state index contributed by atoms with van der Waals surface area (Å²) in [4.78, 5) is 6.90. The van der Waals surface area contributed by atoms with Crippen LogP contribution in [0.25, 0.3) is 17.0 Å². The van der Waals surface area contributed by atoms with Crippen molar-refractivity contribution in [3.63, 3.8) is 0 Å². The topological polar surface area (TPSA) is 54.2 Å². The van der Waals surface area contributed by atoms with Gasteiger partial charge in [-0.05, 0) is 50.0 Å². The number of hydrogen-bond acceptors (Lipinski definition) is 4. The molecule has 0 spiro atoms. The molecule has 1 N–H and O–H groups in total. The summed E-state index contributed by atoms with van der Waals surface area (Å²) in [7, 11) is 0. The van der Waals surface area contributed by atoms with E-state index in [0.717, 1.165) is 46.9 Å². The van der Waals surface area contributed by atoms with Gasteiger partial charge in [-0.25, -0.2) is 0 Å². The molecule has 0 amide bonds. The largest absolute Gasteiger partial charge is 0.351 e. The average molecular weight is 433 g/mol. The molecular weight excluding hydrogens is 404 g/mol. The summed E-state index contributed by atoms with van der Waals surface area (Å²) in [6.45, 7) is 9.29. The molecule has 0 bridgehead atoms. The Hall–Kier alpha value is -2.99. The summed E-state index contributed by atoms with van der Waals surface area (Å²) in [6, 6.07) is 16.6. The maximum atomic E-state index is 5.79. The number of benzene rings is 2. The molecule has 31 heavy (non-hydrogen) atoms. The van der Waals surface area contributed by atoms with Gasteiger partial charge in [0.05, 0.1) is 11.6 Å². The Morgan fingerprint density at radius 2 is 1.74 bits per heavy atom. The van der Waals surface area contributed by atoms with E-state index in [1.54, 1.807) is 0 Å². The van der Waals surface area contributed by atoms with E-state index < -0.39 is 0 Å². The molecular formula is C25H28N4OS. The van der Waals surface area contributed by atoms with Gasteiger partial charge in [0, 0.05) is 17.8 Å². The van der Waals surface area contributed by atoms with Gasteiger partial charge in [0.2, 0.25) is 5.82 Å². The van der Waals surface area contributed by atoms with E-state index in [1.165, 1.54) is 11.1 Å². The van der Waals surface area contributed by atoms with E-state index in [-0.39, 0.29) is 6.04 Å². The van der Waals surface area contributed by atoms with Crippen LogP contribution < -0.4 is 5.32 Å². The van der Waals surface area contributed by atoms with Gasteiger partial charge in [-0.3, -0.25) is 0 Å². The molecule has 4 rings (SSSR count). The molecule has 160 valence electrons. The van der Waals surface area contributed by atoms with Gasteiger partial charge in [-0.15, -0.1) is 0 Å². The monoisotopic (exact) mass is 432 g/mol.